The van der Waals surface area contributed by atoms with Crippen molar-refractivity contribution in [2.75, 3.05) is 0 Å². The van der Waals surface area contributed by atoms with Crippen LogP contribution in [0.1, 0.15) is 42.1 Å². The second kappa shape index (κ2) is 10.0. The van der Waals surface area contributed by atoms with E-state index in [0.29, 0.717) is 16.5 Å². The number of carboxylic acids is 1. The fraction of sp³-hybridized carbons (Fsp3) is 0.182. The van der Waals surface area contributed by atoms with Crippen LogP contribution in [-0.2, 0) is 4.79 Å². The number of hydrogen-bond donors (Lipinski definition) is 4. The summed E-state index contributed by atoms with van der Waals surface area (Å²) in [4.78, 5) is 38.2. The summed E-state index contributed by atoms with van der Waals surface area (Å²) in [7, 11) is 0. The number of carbonyl (C=O) groups excluding carboxylic acids is 2. The van der Waals surface area contributed by atoms with E-state index in [1.54, 1.807) is 6.07 Å². The molecule has 0 saturated heterocycles. The molecule has 0 aliphatic heterocycles. The third-order valence-corrected chi connectivity index (χ3v) is 5.50. The molecule has 1 aromatic heterocycles. The second-order valence-corrected chi connectivity index (χ2v) is 7.62. The number of amides is 3. The minimum absolute atomic E-state index is 0.0621. The highest BCUT2D eigenvalue weighted by atomic mass is 79.9. The largest absolute Gasteiger partial charge is 0.478 e. The van der Waals surface area contributed by atoms with Gasteiger partial charge in [-0.1, -0.05) is 25.5 Å². The Morgan fingerprint density at radius 1 is 1.19 bits per heavy atom. The summed E-state index contributed by atoms with van der Waals surface area (Å²) in [5, 5.41) is 16.6. The first-order chi connectivity index (χ1) is 14.9. The van der Waals surface area contributed by atoms with Crippen molar-refractivity contribution in [3.63, 3.8) is 0 Å². The zero-order chi connectivity index (χ0) is 22.4. The molecule has 3 amide bonds. The average molecular weight is 485 g/mol. The Kier molecular flexibility index (Phi) is 7.19. The Morgan fingerprint density at radius 2 is 2.00 bits per heavy atom. The van der Waals surface area contributed by atoms with Gasteiger partial charge in [0, 0.05) is 28.2 Å². The molecule has 0 spiro atoms. The Labute approximate surface area is 186 Å². The van der Waals surface area contributed by atoms with Gasteiger partial charge in [0.05, 0.1) is 11.8 Å². The summed E-state index contributed by atoms with van der Waals surface area (Å²) in [5.41, 5.74) is 5.34. The number of nitrogens with one attached hydrogen (secondary N) is 3. The minimum Gasteiger partial charge on any atom is -0.478 e. The van der Waals surface area contributed by atoms with Gasteiger partial charge < -0.3 is 10.1 Å². The number of urea groups is 1. The molecule has 0 atom stereocenters. The molecule has 3 aromatic rings. The molecular formula is C22H21BrN4O4. The Balaban J connectivity index is 1.89. The highest BCUT2D eigenvalue weighted by Crippen LogP contribution is 2.32. The number of imide groups is 1. The van der Waals surface area contributed by atoms with Crippen LogP contribution in [-0.4, -0.2) is 34.2 Å². The van der Waals surface area contributed by atoms with Crippen molar-refractivity contribution in [1.82, 2.24) is 15.7 Å². The summed E-state index contributed by atoms with van der Waals surface area (Å²) in [6, 6.07) is 10.2. The number of aromatic carboxylic acids is 1. The molecule has 4 N–H and O–H groups in total. The van der Waals surface area contributed by atoms with Gasteiger partial charge in [-0.3, -0.25) is 10.1 Å². The fourth-order valence-corrected chi connectivity index (χ4v) is 3.68. The van der Waals surface area contributed by atoms with Crippen LogP contribution < -0.4 is 10.7 Å². The molecule has 1 heterocycles. The number of unbranched alkanes of at least 4 members (excludes halogenated alkanes) is 1. The van der Waals surface area contributed by atoms with Gasteiger partial charge in [0.25, 0.3) is 0 Å². The van der Waals surface area contributed by atoms with E-state index in [0.717, 1.165) is 28.5 Å². The SMILES string of the molecule is CCCCC(=O)NC(=O)NN=Cc1c(-c2ccc3[nH]ccc3c2)ccc(C(=O)O)c1Br. The standard InChI is InChI=1S/C22H21BrN4O4/c1-2-3-4-19(28)26-22(31)27-25-12-17-15(6-7-16(20(17)23)21(29)30)13-5-8-18-14(11-13)9-10-24-18/h5-12,24H,2-4H2,1H3,(H,29,30)(H2,26,27,28,31). The third-order valence-electron chi connectivity index (χ3n) is 4.64. The van der Waals surface area contributed by atoms with Gasteiger partial charge in [-0.2, -0.15) is 5.10 Å². The van der Waals surface area contributed by atoms with E-state index in [1.807, 2.05) is 37.4 Å². The molecule has 2 aromatic carbocycles. The summed E-state index contributed by atoms with van der Waals surface area (Å²) in [5.74, 6) is -1.48. The molecular weight excluding hydrogens is 464 g/mol. The van der Waals surface area contributed by atoms with Crippen molar-refractivity contribution in [3.8, 4) is 11.1 Å². The van der Waals surface area contributed by atoms with Crippen molar-refractivity contribution >= 4 is 51.0 Å². The number of nitrogens with zero attached hydrogens (tertiary/aromatic N) is 1. The van der Waals surface area contributed by atoms with E-state index in [9.17, 15) is 19.5 Å². The highest BCUT2D eigenvalue weighted by molar-refractivity contribution is 9.10. The predicted molar refractivity (Wildman–Crippen MR) is 122 cm³/mol. The quantitative estimate of drug-likeness (QED) is 0.287. The van der Waals surface area contributed by atoms with Crippen LogP contribution in [0.25, 0.3) is 22.0 Å². The molecule has 9 heteroatoms. The van der Waals surface area contributed by atoms with E-state index in [1.165, 1.54) is 12.3 Å². The molecule has 8 nitrogen and oxygen atoms in total. The van der Waals surface area contributed by atoms with Crippen molar-refractivity contribution in [3.05, 3.63) is 58.2 Å². The summed E-state index contributed by atoms with van der Waals surface area (Å²) in [6.45, 7) is 1.95. The molecule has 0 radical (unpaired) electrons. The lowest BCUT2D eigenvalue weighted by Crippen LogP contribution is -2.36. The monoisotopic (exact) mass is 484 g/mol. The average Bonchev–Trinajstić information content (AvgIpc) is 3.20. The van der Waals surface area contributed by atoms with Gasteiger partial charge in [-0.15, -0.1) is 0 Å². The summed E-state index contributed by atoms with van der Waals surface area (Å²) < 4.78 is 0.330. The number of hydrazone groups is 1. The lowest BCUT2D eigenvalue weighted by Gasteiger charge is -2.11. The lowest BCUT2D eigenvalue weighted by atomic mass is 9.97. The molecule has 0 saturated carbocycles. The van der Waals surface area contributed by atoms with Gasteiger partial charge >= 0.3 is 12.0 Å². The molecule has 0 fully saturated rings. The lowest BCUT2D eigenvalue weighted by molar-refractivity contribution is -0.120. The topological polar surface area (TPSA) is 124 Å². The fourth-order valence-electron chi connectivity index (χ4n) is 3.07. The van der Waals surface area contributed by atoms with Gasteiger partial charge in [0.1, 0.15) is 0 Å². The van der Waals surface area contributed by atoms with Gasteiger partial charge in [-0.25, -0.2) is 15.0 Å². The highest BCUT2D eigenvalue weighted by Gasteiger charge is 2.16. The van der Waals surface area contributed by atoms with E-state index >= 15 is 0 Å². The maximum atomic E-state index is 11.9. The van der Waals surface area contributed by atoms with Crippen LogP contribution >= 0.6 is 15.9 Å². The first-order valence-corrected chi connectivity index (χ1v) is 10.5. The van der Waals surface area contributed by atoms with Crippen LogP contribution in [0.5, 0.6) is 0 Å². The molecule has 0 aliphatic rings. The molecule has 0 unspecified atom stereocenters. The zero-order valence-corrected chi connectivity index (χ0v) is 18.3. The number of carboxylic acid groups (broad SMARTS) is 1. The second-order valence-electron chi connectivity index (χ2n) is 6.82. The van der Waals surface area contributed by atoms with Crippen molar-refractivity contribution in [2.24, 2.45) is 5.10 Å². The van der Waals surface area contributed by atoms with Crippen molar-refractivity contribution in [1.29, 1.82) is 0 Å². The van der Waals surface area contributed by atoms with Gasteiger partial charge in [0.15, 0.2) is 0 Å². The third kappa shape index (κ3) is 5.37. The number of rotatable bonds is 7. The Hall–Kier alpha value is -3.46. The van der Waals surface area contributed by atoms with Gasteiger partial charge in [-0.05, 0) is 63.1 Å². The molecule has 160 valence electrons. The molecule has 31 heavy (non-hydrogen) atoms. The van der Waals surface area contributed by atoms with E-state index in [-0.39, 0.29) is 17.9 Å². The number of halogens is 1. The van der Waals surface area contributed by atoms with Crippen LogP contribution in [0, 0.1) is 0 Å². The molecule has 0 aliphatic carbocycles. The smallest absolute Gasteiger partial charge is 0.341 e. The number of benzene rings is 2. The normalized spacial score (nSPS) is 11.0. The van der Waals surface area contributed by atoms with E-state index < -0.39 is 12.0 Å². The zero-order valence-electron chi connectivity index (χ0n) is 16.7. The van der Waals surface area contributed by atoms with Gasteiger partial charge in [0.2, 0.25) is 5.91 Å². The number of carbonyl (C=O) groups is 3. The van der Waals surface area contributed by atoms with Crippen LogP contribution in [0.3, 0.4) is 0 Å². The molecule has 3 rings (SSSR count). The number of aromatic nitrogens is 1. The number of fused-ring (bicyclic) bond motifs is 1. The number of aromatic amines is 1. The predicted octanol–water partition coefficient (Wildman–Crippen LogP) is 4.65. The summed E-state index contributed by atoms with van der Waals surface area (Å²) in [6.07, 6.45) is 4.98. The van der Waals surface area contributed by atoms with Crippen LogP contribution in [0.15, 0.2) is 52.2 Å². The number of hydrogen-bond acceptors (Lipinski definition) is 4. The maximum Gasteiger partial charge on any atom is 0.341 e. The van der Waals surface area contributed by atoms with E-state index in [2.05, 4.69) is 36.8 Å². The minimum atomic E-state index is -1.10. The van der Waals surface area contributed by atoms with Crippen molar-refractivity contribution in [2.45, 2.75) is 26.2 Å². The van der Waals surface area contributed by atoms with Crippen LogP contribution in [0.4, 0.5) is 4.79 Å². The maximum absolute atomic E-state index is 11.9. The van der Waals surface area contributed by atoms with Crippen LogP contribution in [0.2, 0.25) is 0 Å². The number of H-pyrrole nitrogens is 1. The first-order valence-electron chi connectivity index (χ1n) is 9.67. The Morgan fingerprint density at radius 3 is 2.74 bits per heavy atom. The van der Waals surface area contributed by atoms with Crippen molar-refractivity contribution < 1.29 is 19.5 Å². The Bertz CT molecular complexity index is 1170. The molecule has 0 bridgehead atoms. The first kappa shape index (κ1) is 22.2. The van der Waals surface area contributed by atoms with E-state index in [4.69, 9.17) is 0 Å². The summed E-state index contributed by atoms with van der Waals surface area (Å²) >= 11 is 3.35.